The fourth-order valence-electron chi connectivity index (χ4n) is 3.78. The Kier molecular flexibility index (Phi) is 5.69. The lowest BCUT2D eigenvalue weighted by Crippen LogP contribution is -2.60. The van der Waals surface area contributed by atoms with E-state index in [1.807, 2.05) is 27.7 Å². The molecule has 2 aromatic rings. The molecule has 2 aliphatic rings. The number of fused-ring (bicyclic) bond motifs is 2. The van der Waals surface area contributed by atoms with E-state index in [0.717, 1.165) is 0 Å². The Morgan fingerprint density at radius 3 is 2.22 bits per heavy atom. The highest BCUT2D eigenvalue weighted by Crippen LogP contribution is 2.37. The first kappa shape index (κ1) is 17.8. The van der Waals surface area contributed by atoms with Gasteiger partial charge in [0, 0.05) is 17.9 Å². The molecule has 2 heteroatoms. The van der Waals surface area contributed by atoms with Crippen LogP contribution < -0.4 is 15.3 Å². The highest BCUT2D eigenvalue weighted by molar-refractivity contribution is 7.02. The average Bonchev–Trinajstić information content (AvgIpc) is 2.63. The molecule has 1 nitrogen and oxygen atoms in total. The van der Waals surface area contributed by atoms with Crippen LogP contribution in [0, 0.1) is 0 Å². The molecule has 0 aromatic heterocycles. The molecule has 0 unspecified atom stereocenters. The smallest absolute Gasteiger partial charge is 0.117 e. The fourth-order valence-corrected chi connectivity index (χ4v) is 6.84. The lowest BCUT2D eigenvalue weighted by atomic mass is 10.0. The SMILES string of the molecule is CC.CC.C[Si]1(C)c2ccccc2N2CCCc3cccc1c32. The summed E-state index contributed by atoms with van der Waals surface area (Å²) in [6, 6.07) is 16.0. The molecule has 124 valence electrons. The van der Waals surface area contributed by atoms with Crippen molar-refractivity contribution in [3.8, 4) is 0 Å². The van der Waals surface area contributed by atoms with Crippen LogP contribution >= 0.6 is 0 Å². The van der Waals surface area contributed by atoms with E-state index in [9.17, 15) is 0 Å². The first-order valence-electron chi connectivity index (χ1n) is 9.19. The number of para-hydroxylation sites is 2. The number of anilines is 2. The van der Waals surface area contributed by atoms with E-state index in [1.165, 1.54) is 25.1 Å². The van der Waals surface area contributed by atoms with Crippen molar-refractivity contribution >= 4 is 29.8 Å². The minimum atomic E-state index is -1.53. The van der Waals surface area contributed by atoms with Gasteiger partial charge in [0.15, 0.2) is 0 Å². The van der Waals surface area contributed by atoms with Crippen molar-refractivity contribution in [1.29, 1.82) is 0 Å². The topological polar surface area (TPSA) is 3.24 Å². The third-order valence-electron chi connectivity index (χ3n) is 4.76. The van der Waals surface area contributed by atoms with Gasteiger partial charge in [0.1, 0.15) is 8.07 Å². The van der Waals surface area contributed by atoms with E-state index in [2.05, 4.69) is 60.5 Å². The summed E-state index contributed by atoms with van der Waals surface area (Å²) in [4.78, 5) is 2.57. The van der Waals surface area contributed by atoms with Crippen LogP contribution in [0.4, 0.5) is 11.4 Å². The molecule has 0 saturated carbocycles. The maximum absolute atomic E-state index is 2.57. The van der Waals surface area contributed by atoms with Crippen LogP contribution in [-0.2, 0) is 6.42 Å². The Balaban J connectivity index is 0.000000448. The molecular weight excluding hydrogens is 294 g/mol. The van der Waals surface area contributed by atoms with E-state index in [1.54, 1.807) is 21.6 Å². The van der Waals surface area contributed by atoms with Crippen LogP contribution in [0.25, 0.3) is 0 Å². The second-order valence-electron chi connectivity index (χ2n) is 6.21. The Bertz CT molecular complexity index is 661. The molecule has 23 heavy (non-hydrogen) atoms. The number of aryl methyl sites for hydroxylation is 1. The van der Waals surface area contributed by atoms with Crippen molar-refractivity contribution in [1.82, 2.24) is 0 Å². The molecular formula is C21H31NSi. The summed E-state index contributed by atoms with van der Waals surface area (Å²) in [5, 5.41) is 3.23. The number of nitrogens with zero attached hydrogens (tertiary/aromatic N) is 1. The Morgan fingerprint density at radius 1 is 0.826 bits per heavy atom. The van der Waals surface area contributed by atoms with Crippen molar-refractivity contribution in [3.05, 3.63) is 48.0 Å². The van der Waals surface area contributed by atoms with Crippen LogP contribution in [0.3, 0.4) is 0 Å². The van der Waals surface area contributed by atoms with Crippen molar-refractivity contribution in [2.24, 2.45) is 0 Å². The standard InChI is InChI=1S/C17H19NSi.2C2H6/c1-19(2)15-10-4-3-9-14(15)18-12-6-8-13-7-5-11-16(19)17(13)18;2*1-2/h3-5,7,9-11H,6,8,12H2,1-2H3;2*1-2H3. The second kappa shape index (κ2) is 7.35. The molecule has 0 N–H and O–H groups in total. The predicted octanol–water partition coefficient (Wildman–Crippen LogP) is 4.96. The molecule has 2 heterocycles. The highest BCUT2D eigenvalue weighted by Gasteiger charge is 2.39. The normalized spacial score (nSPS) is 16.0. The van der Waals surface area contributed by atoms with Gasteiger partial charge in [-0.2, -0.15) is 0 Å². The van der Waals surface area contributed by atoms with E-state index in [4.69, 9.17) is 0 Å². The summed E-state index contributed by atoms with van der Waals surface area (Å²) < 4.78 is 0. The maximum atomic E-state index is 2.57. The molecule has 0 aliphatic carbocycles. The molecule has 0 radical (unpaired) electrons. The van der Waals surface area contributed by atoms with Crippen molar-refractivity contribution < 1.29 is 0 Å². The van der Waals surface area contributed by atoms with Gasteiger partial charge in [-0.05, 0) is 34.8 Å². The summed E-state index contributed by atoms with van der Waals surface area (Å²) in [5.41, 5.74) is 4.57. The van der Waals surface area contributed by atoms with Gasteiger partial charge in [0.25, 0.3) is 0 Å². The molecule has 0 fully saturated rings. The van der Waals surface area contributed by atoms with Crippen LogP contribution in [0.5, 0.6) is 0 Å². The van der Waals surface area contributed by atoms with Gasteiger partial charge >= 0.3 is 0 Å². The molecule has 0 amide bonds. The first-order chi connectivity index (χ1) is 11.2. The molecule has 0 bridgehead atoms. The summed E-state index contributed by atoms with van der Waals surface area (Å²) in [6.07, 6.45) is 2.51. The Labute approximate surface area is 143 Å². The first-order valence-corrected chi connectivity index (χ1v) is 12.2. The van der Waals surface area contributed by atoms with E-state index in [0.29, 0.717) is 0 Å². The largest absolute Gasteiger partial charge is 0.341 e. The zero-order valence-corrected chi connectivity index (χ0v) is 16.6. The highest BCUT2D eigenvalue weighted by atomic mass is 28.3. The minimum absolute atomic E-state index is 1.17. The van der Waals surface area contributed by atoms with Crippen LogP contribution in [0.1, 0.15) is 39.7 Å². The molecule has 2 aromatic carbocycles. The van der Waals surface area contributed by atoms with E-state index < -0.39 is 8.07 Å². The lowest BCUT2D eigenvalue weighted by Gasteiger charge is -2.44. The van der Waals surface area contributed by atoms with Crippen molar-refractivity contribution in [2.45, 2.75) is 53.6 Å². The second-order valence-corrected chi connectivity index (χ2v) is 10.5. The molecule has 0 spiro atoms. The van der Waals surface area contributed by atoms with E-state index >= 15 is 0 Å². The third-order valence-corrected chi connectivity index (χ3v) is 8.28. The van der Waals surface area contributed by atoms with E-state index in [-0.39, 0.29) is 0 Å². The summed E-state index contributed by atoms with van der Waals surface area (Å²) >= 11 is 0. The predicted molar refractivity (Wildman–Crippen MR) is 108 cm³/mol. The van der Waals surface area contributed by atoms with Gasteiger partial charge in [-0.15, -0.1) is 0 Å². The van der Waals surface area contributed by atoms with Gasteiger partial charge in [-0.1, -0.05) is 77.2 Å². The Morgan fingerprint density at radius 2 is 1.48 bits per heavy atom. The molecule has 0 atom stereocenters. The molecule has 2 aliphatic heterocycles. The fraction of sp³-hybridized carbons (Fsp3) is 0.429. The van der Waals surface area contributed by atoms with Gasteiger partial charge in [-0.25, -0.2) is 0 Å². The van der Waals surface area contributed by atoms with Crippen molar-refractivity contribution in [3.63, 3.8) is 0 Å². The third kappa shape index (κ3) is 2.85. The van der Waals surface area contributed by atoms with Gasteiger partial charge in [-0.3, -0.25) is 0 Å². The average molecular weight is 326 g/mol. The molecule has 4 rings (SSSR count). The zero-order valence-electron chi connectivity index (χ0n) is 15.6. The Hall–Kier alpha value is -1.54. The summed E-state index contributed by atoms with van der Waals surface area (Å²) in [5.74, 6) is 0. The number of benzene rings is 2. The quantitative estimate of drug-likeness (QED) is 0.619. The maximum Gasteiger partial charge on any atom is 0.117 e. The van der Waals surface area contributed by atoms with Crippen LogP contribution in [0.15, 0.2) is 42.5 Å². The molecule has 0 saturated heterocycles. The minimum Gasteiger partial charge on any atom is -0.341 e. The number of hydrogen-bond acceptors (Lipinski definition) is 1. The summed E-state index contributed by atoms with van der Waals surface area (Å²) in [6.45, 7) is 14.2. The number of hydrogen-bond donors (Lipinski definition) is 0. The zero-order chi connectivity index (χ0) is 17.0. The monoisotopic (exact) mass is 325 g/mol. The lowest BCUT2D eigenvalue weighted by molar-refractivity contribution is 0.768. The van der Waals surface area contributed by atoms with Crippen LogP contribution in [0.2, 0.25) is 13.1 Å². The van der Waals surface area contributed by atoms with Gasteiger partial charge in [0.2, 0.25) is 0 Å². The summed E-state index contributed by atoms with van der Waals surface area (Å²) in [7, 11) is -1.53. The van der Waals surface area contributed by atoms with Crippen LogP contribution in [-0.4, -0.2) is 14.6 Å². The van der Waals surface area contributed by atoms with Gasteiger partial charge in [0.05, 0.1) is 0 Å². The van der Waals surface area contributed by atoms with Crippen molar-refractivity contribution in [2.75, 3.05) is 11.4 Å². The van der Waals surface area contributed by atoms with Gasteiger partial charge < -0.3 is 4.90 Å². The number of rotatable bonds is 0.